The lowest BCUT2D eigenvalue weighted by molar-refractivity contribution is -0.146. The Morgan fingerprint density at radius 1 is 0.950 bits per heavy atom. The summed E-state index contributed by atoms with van der Waals surface area (Å²) in [4.78, 5) is 12.4. The summed E-state index contributed by atoms with van der Waals surface area (Å²) in [5.41, 5.74) is 0.932. The maximum Gasteiger partial charge on any atom is 0.334 e. The van der Waals surface area contributed by atoms with Crippen molar-refractivity contribution in [2.45, 2.75) is 83.2 Å². The van der Waals surface area contributed by atoms with Gasteiger partial charge in [0.15, 0.2) is 0 Å². The van der Waals surface area contributed by atoms with Gasteiger partial charge >= 0.3 is 5.97 Å². The zero-order valence-electron chi connectivity index (χ0n) is 12.7. The zero-order valence-corrected chi connectivity index (χ0v) is 12.7. The lowest BCUT2D eigenvalue weighted by atomic mass is 9.84. The normalized spacial score (nSPS) is 34.5. The van der Waals surface area contributed by atoms with Crippen LogP contribution in [0.2, 0.25) is 0 Å². The van der Waals surface area contributed by atoms with Gasteiger partial charge in [0.2, 0.25) is 0 Å². The van der Waals surface area contributed by atoms with Gasteiger partial charge in [-0.05, 0) is 50.9 Å². The summed E-state index contributed by atoms with van der Waals surface area (Å²) in [6, 6.07) is 0. The van der Waals surface area contributed by atoms with E-state index in [9.17, 15) is 4.79 Å². The second-order valence-corrected chi connectivity index (χ2v) is 7.15. The number of esters is 1. The molecule has 0 saturated heterocycles. The average Bonchev–Trinajstić information content (AvgIpc) is 3.12. The van der Waals surface area contributed by atoms with E-state index < -0.39 is 0 Å². The number of hydrogen-bond donors (Lipinski definition) is 0. The first-order valence-corrected chi connectivity index (χ1v) is 8.63. The molecule has 2 nitrogen and oxygen atoms in total. The summed E-state index contributed by atoms with van der Waals surface area (Å²) in [5, 5.41) is 0. The number of rotatable bonds is 3. The molecule has 0 aliphatic heterocycles. The maximum atomic E-state index is 12.4. The number of carbonyl (C=O) groups excluding carboxylic acids is 1. The quantitative estimate of drug-likeness (QED) is 0.548. The molecule has 0 heterocycles. The maximum absolute atomic E-state index is 12.4. The molecular formula is C18H28O2. The van der Waals surface area contributed by atoms with Gasteiger partial charge in [-0.2, -0.15) is 0 Å². The van der Waals surface area contributed by atoms with Crippen LogP contribution >= 0.6 is 0 Å². The minimum atomic E-state index is -0.0834. The van der Waals surface area contributed by atoms with E-state index in [1.165, 1.54) is 57.8 Å². The van der Waals surface area contributed by atoms with E-state index in [4.69, 9.17) is 4.74 Å². The predicted octanol–water partition coefficient (Wildman–Crippen LogP) is 4.78. The molecule has 3 aliphatic carbocycles. The van der Waals surface area contributed by atoms with Crippen LogP contribution in [-0.2, 0) is 9.53 Å². The molecule has 0 spiro atoms. The largest absolute Gasteiger partial charge is 0.459 e. The first kappa shape index (κ1) is 14.2. The molecule has 3 fully saturated rings. The van der Waals surface area contributed by atoms with Gasteiger partial charge in [-0.3, -0.25) is 0 Å². The molecule has 0 radical (unpaired) electrons. The van der Waals surface area contributed by atoms with Gasteiger partial charge in [0.05, 0.1) is 0 Å². The molecule has 2 unspecified atom stereocenters. The lowest BCUT2D eigenvalue weighted by Crippen LogP contribution is -2.25. The molecule has 112 valence electrons. The number of carbonyl (C=O) groups is 1. The summed E-state index contributed by atoms with van der Waals surface area (Å²) in [6.07, 6.45) is 14.9. The lowest BCUT2D eigenvalue weighted by Gasteiger charge is -2.26. The summed E-state index contributed by atoms with van der Waals surface area (Å²) < 4.78 is 5.73. The number of fused-ring (bicyclic) bond motifs is 1. The highest BCUT2D eigenvalue weighted by atomic mass is 16.5. The average molecular weight is 276 g/mol. The summed E-state index contributed by atoms with van der Waals surface area (Å²) in [5.74, 6) is 0.633. The second-order valence-electron chi connectivity index (χ2n) is 7.15. The Morgan fingerprint density at radius 2 is 1.60 bits per heavy atom. The van der Waals surface area contributed by atoms with Crippen LogP contribution in [0.25, 0.3) is 0 Å². The van der Waals surface area contributed by atoms with Crippen LogP contribution in [0.4, 0.5) is 0 Å². The molecule has 2 atom stereocenters. The van der Waals surface area contributed by atoms with Crippen LogP contribution in [0.15, 0.2) is 12.2 Å². The highest BCUT2D eigenvalue weighted by Crippen LogP contribution is 2.63. The van der Waals surface area contributed by atoms with Crippen molar-refractivity contribution < 1.29 is 9.53 Å². The third kappa shape index (κ3) is 2.80. The number of ether oxygens (including phenoxy) is 1. The minimum Gasteiger partial charge on any atom is -0.459 e. The molecule has 0 N–H and O–H groups in total. The Balaban J connectivity index is 1.58. The third-order valence-corrected chi connectivity index (χ3v) is 5.83. The molecule has 0 amide bonds. The molecule has 3 aliphatic rings. The van der Waals surface area contributed by atoms with E-state index in [0.29, 0.717) is 5.92 Å². The highest BCUT2D eigenvalue weighted by Gasteiger charge is 2.57. The molecule has 0 aromatic rings. The molecule has 20 heavy (non-hydrogen) atoms. The van der Waals surface area contributed by atoms with Crippen LogP contribution < -0.4 is 0 Å². The topological polar surface area (TPSA) is 26.3 Å². The SMILES string of the molecule is C=C(C(=O)OC1CCCCC1)C12CCCCCCC1C2. The van der Waals surface area contributed by atoms with Crippen molar-refractivity contribution in [1.82, 2.24) is 0 Å². The van der Waals surface area contributed by atoms with Crippen molar-refractivity contribution in [1.29, 1.82) is 0 Å². The van der Waals surface area contributed by atoms with Gasteiger partial charge in [0.25, 0.3) is 0 Å². The van der Waals surface area contributed by atoms with Crippen molar-refractivity contribution in [3.8, 4) is 0 Å². The van der Waals surface area contributed by atoms with Crippen molar-refractivity contribution in [3.05, 3.63) is 12.2 Å². The van der Waals surface area contributed by atoms with Crippen molar-refractivity contribution in [2.24, 2.45) is 11.3 Å². The highest BCUT2D eigenvalue weighted by molar-refractivity contribution is 5.90. The van der Waals surface area contributed by atoms with Crippen molar-refractivity contribution >= 4 is 5.97 Å². The summed E-state index contributed by atoms with van der Waals surface area (Å²) in [6.45, 7) is 4.15. The Kier molecular flexibility index (Phi) is 4.18. The van der Waals surface area contributed by atoms with Crippen LogP contribution in [0, 0.1) is 11.3 Å². The van der Waals surface area contributed by atoms with Crippen LogP contribution in [-0.4, -0.2) is 12.1 Å². The van der Waals surface area contributed by atoms with E-state index in [0.717, 1.165) is 24.8 Å². The first-order valence-electron chi connectivity index (χ1n) is 8.63. The van der Waals surface area contributed by atoms with Gasteiger partial charge in [0, 0.05) is 11.0 Å². The van der Waals surface area contributed by atoms with Crippen LogP contribution in [0.1, 0.15) is 77.0 Å². The Morgan fingerprint density at radius 3 is 2.40 bits per heavy atom. The smallest absolute Gasteiger partial charge is 0.334 e. The van der Waals surface area contributed by atoms with E-state index in [2.05, 4.69) is 6.58 Å². The fraction of sp³-hybridized carbons (Fsp3) is 0.833. The second kappa shape index (κ2) is 5.91. The fourth-order valence-electron chi connectivity index (χ4n) is 4.38. The van der Waals surface area contributed by atoms with Crippen molar-refractivity contribution in [2.75, 3.05) is 0 Å². The Hall–Kier alpha value is -0.790. The van der Waals surface area contributed by atoms with Crippen LogP contribution in [0.5, 0.6) is 0 Å². The Bertz CT molecular complexity index is 381. The summed E-state index contributed by atoms with van der Waals surface area (Å²) in [7, 11) is 0. The van der Waals surface area contributed by atoms with Gasteiger partial charge in [-0.15, -0.1) is 0 Å². The van der Waals surface area contributed by atoms with Gasteiger partial charge < -0.3 is 4.74 Å². The van der Waals surface area contributed by atoms with E-state index in [-0.39, 0.29) is 17.5 Å². The zero-order chi connectivity index (χ0) is 14.0. The fourth-order valence-corrected chi connectivity index (χ4v) is 4.38. The third-order valence-electron chi connectivity index (χ3n) is 5.83. The monoisotopic (exact) mass is 276 g/mol. The van der Waals surface area contributed by atoms with E-state index in [1.807, 2.05) is 0 Å². The molecule has 3 saturated carbocycles. The van der Waals surface area contributed by atoms with E-state index in [1.54, 1.807) is 0 Å². The molecule has 0 aromatic carbocycles. The van der Waals surface area contributed by atoms with Crippen LogP contribution in [0.3, 0.4) is 0 Å². The molecule has 0 bridgehead atoms. The molecule has 2 heteroatoms. The Labute approximate surface area is 123 Å². The minimum absolute atomic E-state index is 0.0834. The van der Waals surface area contributed by atoms with Gasteiger partial charge in [-0.1, -0.05) is 38.7 Å². The number of hydrogen-bond acceptors (Lipinski definition) is 2. The predicted molar refractivity (Wildman–Crippen MR) is 80.3 cm³/mol. The first-order chi connectivity index (χ1) is 9.72. The van der Waals surface area contributed by atoms with Crippen molar-refractivity contribution in [3.63, 3.8) is 0 Å². The van der Waals surface area contributed by atoms with Gasteiger partial charge in [-0.25, -0.2) is 4.79 Å². The van der Waals surface area contributed by atoms with E-state index >= 15 is 0 Å². The molecule has 0 aromatic heterocycles. The standard InChI is InChI=1S/C18H28O2/c1-14(17(19)20-16-10-6-4-7-11-16)18-12-8-3-2-5-9-15(18)13-18/h15-16H,1-13H2. The molecule has 3 rings (SSSR count). The summed E-state index contributed by atoms with van der Waals surface area (Å²) >= 11 is 0. The molecular weight excluding hydrogens is 248 g/mol. The van der Waals surface area contributed by atoms with Gasteiger partial charge in [0.1, 0.15) is 6.10 Å².